The van der Waals surface area contributed by atoms with Crippen molar-refractivity contribution in [3.05, 3.63) is 81.1 Å². The third-order valence-electron chi connectivity index (χ3n) is 7.39. The largest absolute Gasteiger partial charge is 0.381 e. The number of amides is 2. The molecule has 12 heteroatoms. The van der Waals surface area contributed by atoms with Crippen molar-refractivity contribution in [2.75, 3.05) is 18.5 Å². The molecule has 0 atom stereocenters. The van der Waals surface area contributed by atoms with E-state index in [0.29, 0.717) is 36.2 Å². The minimum absolute atomic E-state index is 0.00323. The molecular formula is C30H33BrFN7O3. The van der Waals surface area contributed by atoms with Gasteiger partial charge in [0.05, 0.1) is 28.3 Å². The fraction of sp³-hybridized carbons (Fsp3) is 0.367. The van der Waals surface area contributed by atoms with E-state index in [9.17, 15) is 14.0 Å². The second-order valence-electron chi connectivity index (χ2n) is 10.2. The van der Waals surface area contributed by atoms with E-state index in [2.05, 4.69) is 31.3 Å². The standard InChI is InChI=1S/C30H33BrFN7O3/c1-3-24-21(27(35-19-10-12-42-13-11-19)20-15-34-39(4-2)29(20)37-24)17-38(16-18-8-9-23(32)22(31)14-18)30(41)26-7-5-6-25(36-26)28(33)40/h5-9,14-15,19H,3-4,10-13,16-17H2,1-2H3,(H2,33,40)(H,35,37). The van der Waals surface area contributed by atoms with Gasteiger partial charge in [0.2, 0.25) is 0 Å². The van der Waals surface area contributed by atoms with Gasteiger partial charge in [0.25, 0.3) is 11.8 Å². The minimum Gasteiger partial charge on any atom is -0.381 e. The van der Waals surface area contributed by atoms with Crippen molar-refractivity contribution in [3.63, 3.8) is 0 Å². The summed E-state index contributed by atoms with van der Waals surface area (Å²) in [7, 11) is 0. The Morgan fingerprint density at radius 1 is 1.14 bits per heavy atom. The van der Waals surface area contributed by atoms with Crippen LogP contribution in [0.1, 0.15) is 64.5 Å². The normalized spacial score (nSPS) is 13.8. The summed E-state index contributed by atoms with van der Waals surface area (Å²) >= 11 is 3.25. The molecule has 0 bridgehead atoms. The zero-order chi connectivity index (χ0) is 29.8. The zero-order valence-electron chi connectivity index (χ0n) is 23.6. The molecule has 220 valence electrons. The van der Waals surface area contributed by atoms with Crippen molar-refractivity contribution >= 4 is 44.5 Å². The highest BCUT2D eigenvalue weighted by Crippen LogP contribution is 2.33. The average molecular weight is 639 g/mol. The number of carbonyl (C=O) groups is 2. The van der Waals surface area contributed by atoms with Crippen LogP contribution in [-0.4, -0.2) is 55.7 Å². The zero-order valence-corrected chi connectivity index (χ0v) is 25.2. The Labute approximate surface area is 251 Å². The first-order chi connectivity index (χ1) is 20.3. The van der Waals surface area contributed by atoms with Gasteiger partial charge in [0, 0.05) is 43.6 Å². The average Bonchev–Trinajstić information content (AvgIpc) is 3.42. The number of nitrogens with zero attached hydrogens (tertiary/aromatic N) is 5. The van der Waals surface area contributed by atoms with Gasteiger partial charge in [-0.25, -0.2) is 19.0 Å². The maximum atomic E-state index is 14.1. The van der Waals surface area contributed by atoms with Gasteiger partial charge in [-0.05, 0) is 71.9 Å². The van der Waals surface area contributed by atoms with Gasteiger partial charge in [-0.3, -0.25) is 9.59 Å². The van der Waals surface area contributed by atoms with E-state index in [1.807, 2.05) is 24.7 Å². The Morgan fingerprint density at radius 2 is 1.90 bits per heavy atom. The molecule has 10 nitrogen and oxygen atoms in total. The summed E-state index contributed by atoms with van der Waals surface area (Å²) in [5, 5.41) is 9.20. The number of aromatic nitrogens is 4. The lowest BCUT2D eigenvalue weighted by atomic mass is 10.0. The number of aryl methyl sites for hydroxylation is 2. The van der Waals surface area contributed by atoms with Crippen LogP contribution in [0.15, 0.2) is 47.1 Å². The Bertz CT molecular complexity index is 1620. The van der Waals surface area contributed by atoms with E-state index in [1.54, 1.807) is 29.2 Å². The lowest BCUT2D eigenvalue weighted by Gasteiger charge is -2.29. The number of fused-ring (bicyclic) bond motifs is 1. The molecule has 0 unspecified atom stereocenters. The topological polar surface area (TPSA) is 128 Å². The predicted octanol–water partition coefficient (Wildman–Crippen LogP) is 4.84. The molecule has 42 heavy (non-hydrogen) atoms. The van der Waals surface area contributed by atoms with Crippen molar-refractivity contribution in [2.24, 2.45) is 5.73 Å². The fourth-order valence-corrected chi connectivity index (χ4v) is 5.61. The molecular weight excluding hydrogens is 605 g/mol. The number of benzene rings is 1. The number of carbonyl (C=O) groups excluding carboxylic acids is 2. The highest BCUT2D eigenvalue weighted by Gasteiger charge is 2.26. The number of nitrogens with two attached hydrogens (primary N) is 1. The Balaban J connectivity index is 1.62. The van der Waals surface area contributed by atoms with Crippen LogP contribution in [-0.2, 0) is 30.8 Å². The van der Waals surface area contributed by atoms with Crippen LogP contribution in [0.3, 0.4) is 0 Å². The molecule has 2 amide bonds. The maximum absolute atomic E-state index is 14.1. The maximum Gasteiger partial charge on any atom is 0.273 e. The lowest BCUT2D eigenvalue weighted by Crippen LogP contribution is -2.33. The molecule has 4 aromatic rings. The number of primary amides is 1. The van der Waals surface area contributed by atoms with Crippen molar-refractivity contribution in [1.82, 2.24) is 24.6 Å². The molecule has 0 spiro atoms. The van der Waals surface area contributed by atoms with Crippen LogP contribution in [0.5, 0.6) is 0 Å². The van der Waals surface area contributed by atoms with E-state index < -0.39 is 17.6 Å². The Hall–Kier alpha value is -3.90. The fourth-order valence-electron chi connectivity index (χ4n) is 5.18. The van der Waals surface area contributed by atoms with Crippen LogP contribution in [0.4, 0.5) is 10.1 Å². The molecule has 1 fully saturated rings. The molecule has 1 aliphatic rings. The number of halogens is 2. The summed E-state index contributed by atoms with van der Waals surface area (Å²) in [6.07, 6.45) is 4.14. The van der Waals surface area contributed by atoms with Crippen LogP contribution in [0.25, 0.3) is 11.0 Å². The number of pyridine rings is 2. The molecule has 0 radical (unpaired) electrons. The minimum atomic E-state index is -0.725. The molecule has 3 N–H and O–H groups in total. The third kappa shape index (κ3) is 6.29. The first-order valence-electron chi connectivity index (χ1n) is 14.0. The number of ether oxygens (including phenoxy) is 1. The number of hydrogen-bond acceptors (Lipinski definition) is 7. The van der Waals surface area contributed by atoms with Crippen LogP contribution < -0.4 is 11.1 Å². The summed E-state index contributed by atoms with van der Waals surface area (Å²) in [5.41, 5.74) is 9.62. The lowest BCUT2D eigenvalue weighted by molar-refractivity contribution is 0.0723. The third-order valence-corrected chi connectivity index (χ3v) is 8.00. The van der Waals surface area contributed by atoms with Crippen LogP contribution in [0.2, 0.25) is 0 Å². The van der Waals surface area contributed by atoms with Crippen LogP contribution in [0, 0.1) is 5.82 Å². The van der Waals surface area contributed by atoms with Gasteiger partial charge in [0.1, 0.15) is 17.2 Å². The van der Waals surface area contributed by atoms with Crippen molar-refractivity contribution in [3.8, 4) is 0 Å². The smallest absolute Gasteiger partial charge is 0.273 e. The molecule has 1 saturated heterocycles. The summed E-state index contributed by atoms with van der Waals surface area (Å²) in [6.45, 7) is 6.40. The van der Waals surface area contributed by atoms with Crippen molar-refractivity contribution < 1.29 is 18.7 Å². The van der Waals surface area contributed by atoms with Gasteiger partial charge in [-0.15, -0.1) is 0 Å². The number of rotatable bonds is 10. The van der Waals surface area contributed by atoms with Crippen LogP contribution >= 0.6 is 15.9 Å². The quantitative estimate of drug-likeness (QED) is 0.254. The summed E-state index contributed by atoms with van der Waals surface area (Å²) < 4.78 is 21.8. The summed E-state index contributed by atoms with van der Waals surface area (Å²) in [5.74, 6) is -1.52. The number of nitrogens with one attached hydrogen (secondary N) is 1. The molecule has 1 aromatic carbocycles. The second-order valence-corrected chi connectivity index (χ2v) is 11.0. The van der Waals surface area contributed by atoms with Gasteiger partial charge in [0.15, 0.2) is 5.65 Å². The molecule has 5 rings (SSSR count). The molecule has 1 aliphatic heterocycles. The van der Waals surface area contributed by atoms with Gasteiger partial charge >= 0.3 is 0 Å². The van der Waals surface area contributed by atoms with Gasteiger partial charge < -0.3 is 20.7 Å². The first-order valence-corrected chi connectivity index (χ1v) is 14.8. The van der Waals surface area contributed by atoms with E-state index >= 15 is 0 Å². The highest BCUT2D eigenvalue weighted by atomic mass is 79.9. The molecule has 0 saturated carbocycles. The summed E-state index contributed by atoms with van der Waals surface area (Å²) in [4.78, 5) is 36.7. The van der Waals surface area contributed by atoms with Crippen molar-refractivity contribution in [1.29, 1.82) is 0 Å². The van der Waals surface area contributed by atoms with E-state index in [0.717, 1.165) is 40.8 Å². The molecule has 3 aromatic heterocycles. The number of hydrogen-bond donors (Lipinski definition) is 2. The van der Waals surface area contributed by atoms with Crippen molar-refractivity contribution in [2.45, 2.75) is 58.8 Å². The molecule has 0 aliphatic carbocycles. The monoisotopic (exact) mass is 637 g/mol. The summed E-state index contributed by atoms with van der Waals surface area (Å²) in [6, 6.07) is 9.43. The van der Waals surface area contributed by atoms with Gasteiger partial charge in [-0.2, -0.15) is 5.10 Å². The van der Waals surface area contributed by atoms with E-state index in [4.69, 9.17) is 15.5 Å². The number of anilines is 1. The Morgan fingerprint density at radius 3 is 2.60 bits per heavy atom. The predicted molar refractivity (Wildman–Crippen MR) is 160 cm³/mol. The van der Waals surface area contributed by atoms with Gasteiger partial charge in [-0.1, -0.05) is 19.1 Å². The van der Waals surface area contributed by atoms with E-state index in [1.165, 1.54) is 12.1 Å². The second kappa shape index (κ2) is 13.0. The highest BCUT2D eigenvalue weighted by molar-refractivity contribution is 9.10. The molecule has 4 heterocycles. The SMILES string of the molecule is CCc1nc2c(cnn2CC)c(NC2CCOCC2)c1CN(Cc1ccc(F)c(Br)c1)C(=O)c1cccc(C(N)=O)n1. The Kier molecular flexibility index (Phi) is 9.12. The van der Waals surface area contributed by atoms with E-state index in [-0.39, 0.29) is 30.5 Å². The first kappa shape index (κ1) is 29.6.